The van der Waals surface area contributed by atoms with E-state index < -0.39 is 0 Å². The number of ether oxygens (including phenoxy) is 1. The predicted molar refractivity (Wildman–Crippen MR) is 154 cm³/mol. The van der Waals surface area contributed by atoms with E-state index in [9.17, 15) is 4.79 Å². The fourth-order valence-electron chi connectivity index (χ4n) is 6.87. The summed E-state index contributed by atoms with van der Waals surface area (Å²) >= 11 is 0. The van der Waals surface area contributed by atoms with Crippen LogP contribution < -0.4 is 5.32 Å². The van der Waals surface area contributed by atoms with Crippen LogP contribution in [-0.4, -0.2) is 54.1 Å². The Morgan fingerprint density at radius 2 is 1.61 bits per heavy atom. The first-order valence-corrected chi connectivity index (χ1v) is 14.8. The maximum Gasteiger partial charge on any atom is 0.243 e. The number of nitrogens with one attached hydrogen (secondary N) is 1. The lowest BCUT2D eigenvalue weighted by atomic mass is 9.84. The molecule has 1 N–H and O–H groups in total. The highest BCUT2D eigenvalue weighted by atomic mass is 16.5. The van der Waals surface area contributed by atoms with Crippen LogP contribution in [-0.2, 0) is 35.5 Å². The van der Waals surface area contributed by atoms with Gasteiger partial charge in [0.1, 0.15) is 6.04 Å². The van der Waals surface area contributed by atoms with Crippen molar-refractivity contribution < 1.29 is 9.53 Å². The van der Waals surface area contributed by atoms with Crippen LogP contribution in [0.4, 0.5) is 0 Å². The van der Waals surface area contributed by atoms with Gasteiger partial charge in [-0.15, -0.1) is 0 Å². The van der Waals surface area contributed by atoms with Crippen molar-refractivity contribution in [3.05, 3.63) is 82.6 Å². The topological polar surface area (TPSA) is 44.8 Å². The summed E-state index contributed by atoms with van der Waals surface area (Å²) in [6.45, 7) is 12.0. The molecule has 1 aliphatic carbocycles. The van der Waals surface area contributed by atoms with E-state index in [0.29, 0.717) is 11.8 Å². The van der Waals surface area contributed by atoms with Crippen LogP contribution in [0.1, 0.15) is 62.3 Å². The second-order valence-corrected chi connectivity index (χ2v) is 11.3. The lowest BCUT2D eigenvalue weighted by Crippen LogP contribution is -2.62. The quantitative estimate of drug-likeness (QED) is 0.490. The van der Waals surface area contributed by atoms with Crippen LogP contribution in [0.15, 0.2) is 60.3 Å². The van der Waals surface area contributed by atoms with Gasteiger partial charge in [0.05, 0.1) is 19.3 Å². The van der Waals surface area contributed by atoms with E-state index in [2.05, 4.69) is 90.5 Å². The number of hydrogen-bond donors (Lipinski definition) is 1. The molecule has 2 aliphatic heterocycles. The normalized spacial score (nSPS) is 23.7. The van der Waals surface area contributed by atoms with Gasteiger partial charge in [-0.05, 0) is 53.4 Å². The van der Waals surface area contributed by atoms with Crippen LogP contribution >= 0.6 is 0 Å². The molecule has 0 aromatic heterocycles. The van der Waals surface area contributed by atoms with Gasteiger partial charge in [-0.2, -0.15) is 0 Å². The summed E-state index contributed by atoms with van der Waals surface area (Å²) in [6, 6.07) is 17.7. The predicted octanol–water partition coefficient (Wildman–Crippen LogP) is 5.33. The monoisotopic (exact) mass is 515 g/mol. The van der Waals surface area contributed by atoms with Crippen LogP contribution in [0.2, 0.25) is 0 Å². The molecule has 2 unspecified atom stereocenters. The number of benzene rings is 2. The first kappa shape index (κ1) is 27.0. The Labute approximate surface area is 229 Å². The van der Waals surface area contributed by atoms with Crippen LogP contribution in [0.3, 0.4) is 0 Å². The van der Waals surface area contributed by atoms with Gasteiger partial charge in [0.15, 0.2) is 0 Å². The molecule has 1 amide bonds. The Balaban J connectivity index is 1.44. The largest absolute Gasteiger partial charge is 0.379 e. The average molecular weight is 516 g/mol. The molecule has 2 atom stereocenters. The Morgan fingerprint density at radius 1 is 0.947 bits per heavy atom. The number of amides is 1. The molecule has 2 saturated heterocycles. The van der Waals surface area contributed by atoms with E-state index in [1.807, 2.05) is 0 Å². The average Bonchev–Trinajstić information content (AvgIpc) is 3.37. The van der Waals surface area contributed by atoms with Gasteiger partial charge in [0.2, 0.25) is 5.91 Å². The first-order chi connectivity index (χ1) is 18.6. The summed E-state index contributed by atoms with van der Waals surface area (Å²) in [5.74, 6) is 0.929. The smallest absolute Gasteiger partial charge is 0.243 e. The zero-order valence-electron chi connectivity index (χ0n) is 23.5. The highest BCUT2D eigenvalue weighted by Crippen LogP contribution is 2.37. The van der Waals surface area contributed by atoms with E-state index in [1.165, 1.54) is 28.0 Å². The number of carbonyl (C=O) groups is 1. The molecule has 5 rings (SSSR count). The fourth-order valence-corrected chi connectivity index (χ4v) is 6.87. The summed E-state index contributed by atoms with van der Waals surface area (Å²) in [5.41, 5.74) is 6.82. The van der Waals surface area contributed by atoms with Crippen molar-refractivity contribution in [2.24, 2.45) is 11.8 Å². The molecule has 2 aromatic carbocycles. The Kier molecular flexibility index (Phi) is 8.86. The van der Waals surface area contributed by atoms with Gasteiger partial charge in [-0.3, -0.25) is 9.69 Å². The Morgan fingerprint density at radius 3 is 2.24 bits per heavy atom. The molecule has 0 bridgehead atoms. The van der Waals surface area contributed by atoms with Crippen molar-refractivity contribution in [1.29, 1.82) is 0 Å². The standard InChI is InChI=1S/C33H45N3O2/c1-4-10-30-31(29-20-27-13-7-8-14-28(27)21-29)34-33(37)32(26(5-2)6-3)36(30)23-25-12-9-11-24(19-25)22-35-15-17-38-18-16-35/h7-14,19,26,29,31-32H,4-6,15-18,20-23H2,1-3H3,(H,34,37)/b30-10+. The van der Waals surface area contributed by atoms with Gasteiger partial charge in [0, 0.05) is 31.9 Å². The second kappa shape index (κ2) is 12.5. The van der Waals surface area contributed by atoms with Crippen molar-refractivity contribution in [2.45, 2.75) is 78.0 Å². The summed E-state index contributed by atoms with van der Waals surface area (Å²) in [7, 11) is 0. The fraction of sp³-hybridized carbons (Fsp3) is 0.545. The van der Waals surface area contributed by atoms with Crippen molar-refractivity contribution in [3.63, 3.8) is 0 Å². The highest BCUT2D eigenvalue weighted by molar-refractivity contribution is 5.84. The Hall–Kier alpha value is -2.63. The SMILES string of the molecule is CC/C=C1\C(C2Cc3ccccc3C2)NC(=O)C(C(CC)CC)N1Cc1cccc(CN2CCOCC2)c1. The molecule has 5 heteroatoms. The van der Waals surface area contributed by atoms with Crippen LogP contribution in [0.25, 0.3) is 0 Å². The van der Waals surface area contributed by atoms with Gasteiger partial charge >= 0.3 is 0 Å². The molecule has 2 aromatic rings. The van der Waals surface area contributed by atoms with E-state index in [0.717, 1.165) is 71.5 Å². The van der Waals surface area contributed by atoms with Crippen molar-refractivity contribution in [2.75, 3.05) is 26.3 Å². The van der Waals surface area contributed by atoms with Gasteiger partial charge in [-0.25, -0.2) is 0 Å². The zero-order chi connectivity index (χ0) is 26.5. The van der Waals surface area contributed by atoms with Crippen molar-refractivity contribution in [1.82, 2.24) is 15.1 Å². The molecular formula is C33H45N3O2. The number of carbonyl (C=O) groups excluding carboxylic acids is 1. The van der Waals surface area contributed by atoms with Crippen molar-refractivity contribution >= 4 is 5.91 Å². The van der Waals surface area contributed by atoms with E-state index in [1.54, 1.807) is 0 Å². The lowest BCUT2D eigenvalue weighted by molar-refractivity contribution is -0.132. The van der Waals surface area contributed by atoms with Gasteiger partial charge < -0.3 is 15.0 Å². The molecule has 2 heterocycles. The number of fused-ring (bicyclic) bond motifs is 1. The number of nitrogens with zero attached hydrogens (tertiary/aromatic N) is 2. The lowest BCUT2D eigenvalue weighted by Gasteiger charge is -2.47. The molecule has 3 aliphatic rings. The van der Waals surface area contributed by atoms with E-state index >= 15 is 0 Å². The summed E-state index contributed by atoms with van der Waals surface area (Å²) < 4.78 is 5.54. The first-order valence-electron chi connectivity index (χ1n) is 14.8. The second-order valence-electron chi connectivity index (χ2n) is 11.3. The molecule has 5 nitrogen and oxygen atoms in total. The molecule has 0 radical (unpaired) electrons. The number of rotatable bonds is 9. The number of piperazine rings is 1. The molecule has 38 heavy (non-hydrogen) atoms. The third-order valence-electron chi connectivity index (χ3n) is 8.87. The van der Waals surface area contributed by atoms with E-state index in [4.69, 9.17) is 4.74 Å². The summed E-state index contributed by atoms with van der Waals surface area (Å²) in [4.78, 5) is 18.8. The third kappa shape index (κ3) is 5.84. The Bertz CT molecular complexity index is 1090. The third-order valence-corrected chi connectivity index (χ3v) is 8.87. The number of morpholine rings is 1. The summed E-state index contributed by atoms with van der Waals surface area (Å²) in [6.07, 6.45) is 7.41. The van der Waals surface area contributed by atoms with Crippen molar-refractivity contribution in [3.8, 4) is 0 Å². The minimum Gasteiger partial charge on any atom is -0.379 e. The molecule has 0 spiro atoms. The highest BCUT2D eigenvalue weighted by Gasteiger charge is 2.44. The maximum absolute atomic E-state index is 13.9. The summed E-state index contributed by atoms with van der Waals surface area (Å²) in [5, 5.41) is 3.54. The molecular weight excluding hydrogens is 470 g/mol. The van der Waals surface area contributed by atoms with E-state index in [-0.39, 0.29) is 18.0 Å². The van der Waals surface area contributed by atoms with Crippen LogP contribution in [0, 0.1) is 11.8 Å². The number of allylic oxidation sites excluding steroid dienone is 1. The molecule has 0 saturated carbocycles. The minimum atomic E-state index is -0.134. The van der Waals surface area contributed by atoms with Crippen LogP contribution in [0.5, 0.6) is 0 Å². The maximum atomic E-state index is 13.9. The molecule has 204 valence electrons. The van der Waals surface area contributed by atoms with Gasteiger partial charge in [0.25, 0.3) is 0 Å². The zero-order valence-corrected chi connectivity index (χ0v) is 23.5. The van der Waals surface area contributed by atoms with Gasteiger partial charge in [-0.1, -0.05) is 88.2 Å². The molecule has 2 fully saturated rings. The minimum absolute atomic E-state index is 0.0528. The number of hydrogen-bond acceptors (Lipinski definition) is 4.